The third-order valence-corrected chi connectivity index (χ3v) is 4.88. The Balaban J connectivity index is 2.25. The number of methoxy groups -OCH3 is 1. The van der Waals surface area contributed by atoms with E-state index >= 15 is 0 Å². The summed E-state index contributed by atoms with van der Waals surface area (Å²) in [7, 11) is 1.37. The predicted octanol–water partition coefficient (Wildman–Crippen LogP) is 2.79. The van der Waals surface area contributed by atoms with E-state index in [-0.39, 0.29) is 5.97 Å². The van der Waals surface area contributed by atoms with Crippen LogP contribution in [0.15, 0.2) is 6.20 Å². The number of carbonyl (C=O) groups is 1. The molecule has 2 aromatic heterocycles. The summed E-state index contributed by atoms with van der Waals surface area (Å²) in [6.45, 7) is 2.25. The minimum atomic E-state index is -0.377. The van der Waals surface area contributed by atoms with Gasteiger partial charge in [-0.1, -0.05) is 6.92 Å². The molecule has 0 amide bonds. The molecule has 1 aliphatic carbocycles. The van der Waals surface area contributed by atoms with Gasteiger partial charge < -0.3 is 10.5 Å². The average Bonchev–Trinajstić information content (AvgIpc) is 2.75. The Bertz CT molecular complexity index is 663. The number of thiophene rings is 1. The fourth-order valence-electron chi connectivity index (χ4n) is 2.73. The van der Waals surface area contributed by atoms with Crippen LogP contribution >= 0.6 is 11.3 Å². The lowest BCUT2D eigenvalue weighted by molar-refractivity contribution is 0.0607. The Hall–Kier alpha value is -1.62. The van der Waals surface area contributed by atoms with Gasteiger partial charge in [-0.2, -0.15) is 0 Å². The second kappa shape index (κ2) is 4.49. The van der Waals surface area contributed by atoms with Gasteiger partial charge in [-0.25, -0.2) is 9.78 Å². The normalized spacial score (nSPS) is 18.3. The summed E-state index contributed by atoms with van der Waals surface area (Å²) in [6, 6.07) is 0. The number of hydrogen-bond acceptors (Lipinski definition) is 5. The van der Waals surface area contributed by atoms with Crippen molar-refractivity contribution in [2.75, 3.05) is 12.8 Å². The second-order valence-electron chi connectivity index (χ2n) is 5.13. The van der Waals surface area contributed by atoms with E-state index in [1.165, 1.54) is 36.0 Å². The van der Waals surface area contributed by atoms with Crippen LogP contribution in [0, 0.1) is 5.92 Å². The highest BCUT2D eigenvalue weighted by Crippen LogP contribution is 2.39. The zero-order valence-electron chi connectivity index (χ0n) is 11.0. The van der Waals surface area contributed by atoms with E-state index < -0.39 is 0 Å². The minimum absolute atomic E-state index is 0.377. The number of nitrogens with two attached hydrogens (primary N) is 1. The molecule has 19 heavy (non-hydrogen) atoms. The summed E-state index contributed by atoms with van der Waals surface area (Å²) in [4.78, 5) is 17.5. The maximum atomic E-state index is 11.7. The topological polar surface area (TPSA) is 65.2 Å². The molecule has 0 fully saturated rings. The van der Waals surface area contributed by atoms with Crippen LogP contribution in [-0.2, 0) is 17.6 Å². The molecule has 0 unspecified atom stereocenters. The second-order valence-corrected chi connectivity index (χ2v) is 6.13. The number of rotatable bonds is 1. The Morgan fingerprint density at radius 3 is 3.11 bits per heavy atom. The number of aryl methyl sites for hydroxylation is 1. The molecule has 0 saturated carbocycles. The first-order chi connectivity index (χ1) is 9.11. The van der Waals surface area contributed by atoms with Crippen molar-refractivity contribution >= 4 is 33.2 Å². The van der Waals surface area contributed by atoms with Crippen LogP contribution in [0.3, 0.4) is 0 Å². The van der Waals surface area contributed by atoms with Crippen molar-refractivity contribution in [3.05, 3.63) is 22.2 Å². The lowest BCUT2D eigenvalue weighted by Crippen LogP contribution is -2.12. The highest BCUT2D eigenvalue weighted by molar-refractivity contribution is 7.21. The summed E-state index contributed by atoms with van der Waals surface area (Å²) in [5.41, 5.74) is 9.23. The number of esters is 1. The fourth-order valence-corrected chi connectivity index (χ4v) is 3.75. The maximum absolute atomic E-state index is 11.7. The van der Waals surface area contributed by atoms with Crippen molar-refractivity contribution in [3.8, 4) is 0 Å². The molecule has 2 heterocycles. The lowest BCUT2D eigenvalue weighted by atomic mass is 9.84. The molecule has 1 aliphatic rings. The third-order valence-electron chi connectivity index (χ3n) is 3.78. The van der Waals surface area contributed by atoms with E-state index in [1.54, 1.807) is 0 Å². The van der Waals surface area contributed by atoms with Gasteiger partial charge in [-0.05, 0) is 36.3 Å². The largest absolute Gasteiger partial charge is 0.465 e. The van der Waals surface area contributed by atoms with E-state index in [0.717, 1.165) is 23.1 Å². The van der Waals surface area contributed by atoms with Gasteiger partial charge in [-0.3, -0.25) is 0 Å². The van der Waals surface area contributed by atoms with Gasteiger partial charge in [0.1, 0.15) is 9.71 Å². The van der Waals surface area contributed by atoms with Crippen molar-refractivity contribution in [3.63, 3.8) is 0 Å². The van der Waals surface area contributed by atoms with Crippen molar-refractivity contribution in [1.29, 1.82) is 0 Å². The highest BCUT2D eigenvalue weighted by atomic mass is 32.1. The molecule has 0 radical (unpaired) electrons. The van der Waals surface area contributed by atoms with Crippen LogP contribution in [0.2, 0.25) is 0 Å². The standard InChI is InChI=1S/C14H16N2O2S/c1-7-3-4-8-6-16-13-10(9(8)5-7)11(15)12(19-13)14(17)18-2/h6-7H,3-5,15H2,1-2H3/t7-/m1/s1. The monoisotopic (exact) mass is 276 g/mol. The van der Waals surface area contributed by atoms with Crippen molar-refractivity contribution in [2.45, 2.75) is 26.2 Å². The first-order valence-corrected chi connectivity index (χ1v) is 7.20. The Labute approximate surface area is 115 Å². The zero-order chi connectivity index (χ0) is 13.6. The van der Waals surface area contributed by atoms with Gasteiger partial charge in [0.25, 0.3) is 0 Å². The van der Waals surface area contributed by atoms with E-state index in [9.17, 15) is 4.79 Å². The first kappa shape index (κ1) is 12.4. The summed E-state index contributed by atoms with van der Waals surface area (Å²) in [5, 5.41) is 0.967. The van der Waals surface area contributed by atoms with Crippen LogP contribution in [-0.4, -0.2) is 18.1 Å². The van der Waals surface area contributed by atoms with Gasteiger partial charge >= 0.3 is 5.97 Å². The quantitative estimate of drug-likeness (QED) is 0.813. The molecule has 2 N–H and O–H groups in total. The number of fused-ring (bicyclic) bond motifs is 3. The number of ether oxygens (including phenoxy) is 1. The molecule has 0 saturated heterocycles. The van der Waals surface area contributed by atoms with Crippen LogP contribution in [0.1, 0.15) is 34.1 Å². The summed E-state index contributed by atoms with van der Waals surface area (Å²) in [6.07, 6.45) is 5.17. The number of pyridine rings is 1. The van der Waals surface area contributed by atoms with E-state index in [4.69, 9.17) is 10.5 Å². The number of anilines is 1. The first-order valence-electron chi connectivity index (χ1n) is 6.38. The van der Waals surface area contributed by atoms with Crippen LogP contribution < -0.4 is 5.73 Å². The Morgan fingerprint density at radius 1 is 1.58 bits per heavy atom. The molecule has 0 aliphatic heterocycles. The number of carbonyl (C=O) groups excluding carboxylic acids is 1. The zero-order valence-corrected chi connectivity index (χ0v) is 11.8. The molecular formula is C14H16N2O2S. The molecule has 0 spiro atoms. The lowest BCUT2D eigenvalue weighted by Gasteiger charge is -2.21. The molecular weight excluding hydrogens is 260 g/mol. The molecule has 2 aromatic rings. The van der Waals surface area contributed by atoms with Crippen LogP contribution in [0.25, 0.3) is 10.2 Å². The number of nitrogen functional groups attached to an aromatic ring is 1. The molecule has 5 heteroatoms. The maximum Gasteiger partial charge on any atom is 0.350 e. The summed E-state index contributed by atoms with van der Waals surface area (Å²) < 4.78 is 4.78. The Morgan fingerprint density at radius 2 is 2.37 bits per heavy atom. The van der Waals surface area contributed by atoms with Gasteiger partial charge in [0.2, 0.25) is 0 Å². The van der Waals surface area contributed by atoms with Crippen molar-refractivity contribution < 1.29 is 9.53 Å². The van der Waals surface area contributed by atoms with Gasteiger partial charge in [0.15, 0.2) is 0 Å². The third kappa shape index (κ3) is 1.89. The van der Waals surface area contributed by atoms with Crippen LogP contribution in [0.4, 0.5) is 5.69 Å². The Kier molecular flexibility index (Phi) is 2.93. The fraction of sp³-hybridized carbons (Fsp3) is 0.429. The summed E-state index contributed by atoms with van der Waals surface area (Å²) in [5.74, 6) is 0.275. The average molecular weight is 276 g/mol. The SMILES string of the molecule is COC(=O)c1sc2ncc3c(c2c1N)C[C@H](C)CC3. The van der Waals surface area contributed by atoms with E-state index in [2.05, 4.69) is 11.9 Å². The van der Waals surface area contributed by atoms with E-state index in [0.29, 0.717) is 16.5 Å². The van der Waals surface area contributed by atoms with E-state index in [1.807, 2.05) is 6.20 Å². The van der Waals surface area contributed by atoms with Gasteiger partial charge in [0.05, 0.1) is 12.8 Å². The molecule has 1 atom stereocenters. The number of aromatic nitrogens is 1. The van der Waals surface area contributed by atoms with Crippen molar-refractivity contribution in [1.82, 2.24) is 4.98 Å². The van der Waals surface area contributed by atoms with Crippen LogP contribution in [0.5, 0.6) is 0 Å². The van der Waals surface area contributed by atoms with Gasteiger partial charge in [0, 0.05) is 11.6 Å². The molecule has 0 aromatic carbocycles. The van der Waals surface area contributed by atoms with Crippen molar-refractivity contribution in [2.24, 2.45) is 5.92 Å². The van der Waals surface area contributed by atoms with Gasteiger partial charge in [-0.15, -0.1) is 11.3 Å². The number of nitrogens with zero attached hydrogens (tertiary/aromatic N) is 1. The number of hydrogen-bond donors (Lipinski definition) is 1. The minimum Gasteiger partial charge on any atom is -0.465 e. The molecule has 0 bridgehead atoms. The highest BCUT2D eigenvalue weighted by Gasteiger charge is 2.24. The molecule has 3 rings (SSSR count). The smallest absolute Gasteiger partial charge is 0.350 e. The predicted molar refractivity (Wildman–Crippen MR) is 76.6 cm³/mol. The summed E-state index contributed by atoms with van der Waals surface area (Å²) >= 11 is 1.32. The molecule has 100 valence electrons. The molecule has 4 nitrogen and oxygen atoms in total.